The van der Waals surface area contributed by atoms with E-state index in [0.29, 0.717) is 0 Å². The van der Waals surface area contributed by atoms with Crippen LogP contribution in [-0.2, 0) is 6.42 Å². The van der Waals surface area contributed by atoms with Gasteiger partial charge in [-0.3, -0.25) is 0 Å². The van der Waals surface area contributed by atoms with E-state index in [-0.39, 0.29) is 12.1 Å². The molecule has 2 N–H and O–H groups in total. The number of nitrogens with one attached hydrogen (secondary N) is 1. The number of hydrogen-bond donors (Lipinski definition) is 2. The first-order valence-electron chi connectivity index (χ1n) is 9.01. The van der Waals surface area contributed by atoms with Gasteiger partial charge in [-0.25, -0.2) is 0 Å². The predicted octanol–water partition coefficient (Wildman–Crippen LogP) is 4.14. The second-order valence-electron chi connectivity index (χ2n) is 6.83. The van der Waals surface area contributed by atoms with Crippen LogP contribution in [0.2, 0.25) is 5.02 Å². The lowest BCUT2D eigenvalue weighted by Gasteiger charge is -2.35. The summed E-state index contributed by atoms with van der Waals surface area (Å²) in [5.74, 6) is 0.839. The van der Waals surface area contributed by atoms with Gasteiger partial charge >= 0.3 is 0 Å². The first-order valence-corrected chi connectivity index (χ1v) is 9.39. The van der Waals surface area contributed by atoms with Crippen molar-refractivity contribution < 1.29 is 9.84 Å². The van der Waals surface area contributed by atoms with Gasteiger partial charge in [-0.15, -0.1) is 0 Å². The highest BCUT2D eigenvalue weighted by Crippen LogP contribution is 2.25. The van der Waals surface area contributed by atoms with E-state index in [4.69, 9.17) is 16.3 Å². The molecule has 1 aliphatic rings. The molecular formula is C21H26ClNO2. The normalized spacial score (nSPS) is 23.4. The number of aryl methyl sites for hydroxylation is 1. The molecule has 3 atom stereocenters. The average molecular weight is 360 g/mol. The number of rotatable bonds is 6. The summed E-state index contributed by atoms with van der Waals surface area (Å²) in [7, 11) is 0. The maximum Gasteiger partial charge on any atom is 0.126 e. The Morgan fingerprint density at radius 2 is 1.96 bits per heavy atom. The van der Waals surface area contributed by atoms with Crippen molar-refractivity contribution in [2.75, 3.05) is 6.54 Å². The lowest BCUT2D eigenvalue weighted by molar-refractivity contribution is -0.0151. The van der Waals surface area contributed by atoms with Gasteiger partial charge in [0.25, 0.3) is 0 Å². The highest BCUT2D eigenvalue weighted by molar-refractivity contribution is 6.30. The molecule has 0 saturated heterocycles. The molecule has 0 heterocycles. The number of aliphatic hydroxyl groups excluding tert-OH is 1. The number of hydrogen-bond acceptors (Lipinski definition) is 3. The lowest BCUT2D eigenvalue weighted by atomic mass is 9.89. The third-order valence-electron chi connectivity index (χ3n) is 4.81. The molecule has 0 radical (unpaired) electrons. The zero-order chi connectivity index (χ0) is 17.6. The Kier molecular flexibility index (Phi) is 6.35. The highest BCUT2D eigenvalue weighted by Gasteiger charge is 2.32. The third-order valence-corrected chi connectivity index (χ3v) is 5.06. The van der Waals surface area contributed by atoms with Crippen LogP contribution in [0.4, 0.5) is 0 Å². The molecule has 4 heteroatoms. The van der Waals surface area contributed by atoms with Crippen molar-refractivity contribution in [2.45, 2.75) is 50.9 Å². The van der Waals surface area contributed by atoms with E-state index < -0.39 is 6.10 Å². The topological polar surface area (TPSA) is 41.5 Å². The minimum absolute atomic E-state index is 0.0795. The highest BCUT2D eigenvalue weighted by atomic mass is 35.5. The number of benzene rings is 2. The molecule has 0 spiro atoms. The van der Waals surface area contributed by atoms with E-state index in [0.717, 1.165) is 43.0 Å². The van der Waals surface area contributed by atoms with Gasteiger partial charge in [-0.1, -0.05) is 35.9 Å². The molecule has 3 nitrogen and oxygen atoms in total. The molecule has 1 aliphatic carbocycles. The van der Waals surface area contributed by atoms with Gasteiger partial charge in [-0.2, -0.15) is 0 Å². The minimum atomic E-state index is -0.487. The molecule has 0 aliphatic heterocycles. The van der Waals surface area contributed by atoms with Crippen LogP contribution in [0.25, 0.3) is 0 Å². The van der Waals surface area contributed by atoms with Gasteiger partial charge in [0.15, 0.2) is 0 Å². The first kappa shape index (κ1) is 18.2. The molecule has 1 saturated carbocycles. The Morgan fingerprint density at radius 1 is 1.16 bits per heavy atom. The van der Waals surface area contributed by atoms with Gasteiger partial charge in [0.1, 0.15) is 18.0 Å². The van der Waals surface area contributed by atoms with E-state index >= 15 is 0 Å². The quantitative estimate of drug-likeness (QED) is 0.814. The fourth-order valence-corrected chi connectivity index (χ4v) is 3.53. The zero-order valence-corrected chi connectivity index (χ0v) is 15.4. The van der Waals surface area contributed by atoms with Gasteiger partial charge in [0, 0.05) is 11.1 Å². The molecule has 0 amide bonds. The summed E-state index contributed by atoms with van der Waals surface area (Å²) in [6.07, 6.45) is 3.22. The summed E-state index contributed by atoms with van der Waals surface area (Å²) >= 11 is 5.92. The van der Waals surface area contributed by atoms with Crippen molar-refractivity contribution in [1.29, 1.82) is 0 Å². The third kappa shape index (κ3) is 5.21. The lowest BCUT2D eigenvalue weighted by Crippen LogP contribution is -2.51. The molecule has 1 fully saturated rings. The standard InChI is InChI=1S/C21H26ClNO2/c1-15-4-2-5-18(14-15)25-20-7-3-6-19(21(20)24)23-13-12-16-8-10-17(22)11-9-16/h2,4-5,8-11,14,19-21,23-24H,3,6-7,12-13H2,1H3/t19-,20+,21+/m0/s1. The largest absolute Gasteiger partial charge is 0.488 e. The predicted molar refractivity (Wildman–Crippen MR) is 102 cm³/mol. The molecule has 3 rings (SSSR count). The minimum Gasteiger partial charge on any atom is -0.488 e. The van der Waals surface area contributed by atoms with E-state index in [9.17, 15) is 5.11 Å². The molecule has 0 unspecified atom stereocenters. The molecule has 2 aromatic carbocycles. The van der Waals surface area contributed by atoms with Gasteiger partial charge in [0.05, 0.1) is 0 Å². The SMILES string of the molecule is Cc1cccc(O[C@@H]2CCC[C@H](NCCc3ccc(Cl)cc3)[C@H]2O)c1. The van der Waals surface area contributed by atoms with Crippen LogP contribution in [-0.4, -0.2) is 29.9 Å². The van der Waals surface area contributed by atoms with Crippen molar-refractivity contribution in [2.24, 2.45) is 0 Å². The molecule has 0 aromatic heterocycles. The summed E-state index contributed by atoms with van der Waals surface area (Å²) in [4.78, 5) is 0. The van der Waals surface area contributed by atoms with Crippen LogP contribution in [0.15, 0.2) is 48.5 Å². The summed E-state index contributed by atoms with van der Waals surface area (Å²) in [5.41, 5.74) is 2.41. The van der Waals surface area contributed by atoms with E-state index in [1.54, 1.807) is 0 Å². The molecule has 2 aromatic rings. The Bertz CT molecular complexity index is 674. The smallest absolute Gasteiger partial charge is 0.126 e. The monoisotopic (exact) mass is 359 g/mol. The average Bonchev–Trinajstić information content (AvgIpc) is 2.60. The van der Waals surface area contributed by atoms with E-state index in [1.165, 1.54) is 11.1 Å². The fourth-order valence-electron chi connectivity index (χ4n) is 3.41. The van der Waals surface area contributed by atoms with E-state index in [2.05, 4.69) is 5.32 Å². The maximum absolute atomic E-state index is 10.7. The van der Waals surface area contributed by atoms with Crippen LogP contribution in [0, 0.1) is 6.92 Å². The van der Waals surface area contributed by atoms with Crippen LogP contribution < -0.4 is 10.1 Å². The maximum atomic E-state index is 10.7. The van der Waals surface area contributed by atoms with Crippen LogP contribution in [0.5, 0.6) is 5.75 Å². The van der Waals surface area contributed by atoms with Crippen LogP contribution >= 0.6 is 11.6 Å². The summed E-state index contributed by atoms with van der Waals surface area (Å²) < 4.78 is 6.05. The Morgan fingerprint density at radius 3 is 2.72 bits per heavy atom. The Hall–Kier alpha value is -1.55. The molecule has 134 valence electrons. The summed E-state index contributed by atoms with van der Waals surface area (Å²) in [5, 5.41) is 14.9. The Labute approximate surface area is 155 Å². The van der Waals surface area contributed by atoms with Crippen molar-refractivity contribution in [3.05, 3.63) is 64.7 Å². The van der Waals surface area contributed by atoms with Gasteiger partial charge in [0.2, 0.25) is 0 Å². The van der Waals surface area contributed by atoms with Crippen LogP contribution in [0.1, 0.15) is 30.4 Å². The van der Waals surface area contributed by atoms with Crippen molar-refractivity contribution in [1.82, 2.24) is 5.32 Å². The first-order chi connectivity index (χ1) is 12.1. The van der Waals surface area contributed by atoms with Crippen molar-refractivity contribution >= 4 is 11.6 Å². The second-order valence-corrected chi connectivity index (χ2v) is 7.27. The zero-order valence-electron chi connectivity index (χ0n) is 14.6. The van der Waals surface area contributed by atoms with Crippen LogP contribution in [0.3, 0.4) is 0 Å². The molecule has 25 heavy (non-hydrogen) atoms. The fraction of sp³-hybridized carbons (Fsp3) is 0.429. The van der Waals surface area contributed by atoms with Gasteiger partial charge in [-0.05, 0) is 74.5 Å². The molecule has 0 bridgehead atoms. The van der Waals surface area contributed by atoms with E-state index in [1.807, 2.05) is 55.5 Å². The summed E-state index contributed by atoms with van der Waals surface area (Å²) in [6, 6.07) is 16.0. The molecular weight excluding hydrogens is 334 g/mol. The second kappa shape index (κ2) is 8.70. The number of aliphatic hydroxyl groups is 1. The van der Waals surface area contributed by atoms with Gasteiger partial charge < -0.3 is 15.2 Å². The Balaban J connectivity index is 1.51. The number of ether oxygens (including phenoxy) is 1. The van der Waals surface area contributed by atoms with Crippen molar-refractivity contribution in [3.8, 4) is 5.75 Å². The van der Waals surface area contributed by atoms with Crippen molar-refractivity contribution in [3.63, 3.8) is 0 Å². The number of halogens is 1. The summed E-state index contributed by atoms with van der Waals surface area (Å²) in [6.45, 7) is 2.88.